The highest BCUT2D eigenvalue weighted by Crippen LogP contribution is 2.20. The average Bonchev–Trinajstić information content (AvgIpc) is 2.54. The number of carboxylic acid groups (broad SMARTS) is 1. The number of para-hydroxylation sites is 1. The molecule has 0 saturated carbocycles. The monoisotopic (exact) mass is 300 g/mol. The molecule has 1 N–H and O–H groups in total. The van der Waals surface area contributed by atoms with E-state index in [2.05, 4.69) is 4.74 Å². The van der Waals surface area contributed by atoms with Gasteiger partial charge in [-0.1, -0.05) is 24.3 Å². The lowest BCUT2D eigenvalue weighted by atomic mass is 10.0. The molecule has 0 heterocycles. The molecule has 0 unspecified atom stereocenters. The van der Waals surface area contributed by atoms with Crippen molar-refractivity contribution in [2.45, 2.75) is 0 Å². The van der Waals surface area contributed by atoms with Crippen LogP contribution in [0.5, 0.6) is 5.75 Å². The average molecular weight is 300 g/mol. The quantitative estimate of drug-likeness (QED) is 0.688. The summed E-state index contributed by atoms with van der Waals surface area (Å²) in [5.41, 5.74) is -0.835. The number of benzene rings is 2. The molecule has 2 aromatic carbocycles. The second-order valence-corrected chi connectivity index (χ2v) is 4.23. The van der Waals surface area contributed by atoms with Crippen LogP contribution in [0.2, 0.25) is 0 Å². The fourth-order valence-electron chi connectivity index (χ4n) is 1.88. The van der Waals surface area contributed by atoms with Crippen LogP contribution < -0.4 is 4.74 Å². The summed E-state index contributed by atoms with van der Waals surface area (Å²) in [5.74, 6) is -2.86. The number of carbonyl (C=O) groups is 3. The molecule has 0 bridgehead atoms. The van der Waals surface area contributed by atoms with Crippen LogP contribution in [0.4, 0.5) is 0 Å². The van der Waals surface area contributed by atoms with Crippen LogP contribution in [-0.2, 0) is 4.74 Å². The molecule has 2 aromatic rings. The van der Waals surface area contributed by atoms with Gasteiger partial charge in [-0.15, -0.1) is 0 Å². The van der Waals surface area contributed by atoms with E-state index in [0.29, 0.717) is 0 Å². The van der Waals surface area contributed by atoms with E-state index in [-0.39, 0.29) is 22.4 Å². The number of ether oxygens (including phenoxy) is 2. The Labute approximate surface area is 125 Å². The summed E-state index contributed by atoms with van der Waals surface area (Å²) in [7, 11) is 1.14. The second-order valence-electron chi connectivity index (χ2n) is 4.23. The molecule has 0 saturated heterocycles. The summed E-state index contributed by atoms with van der Waals surface area (Å²) in [4.78, 5) is 35.3. The van der Waals surface area contributed by atoms with Gasteiger partial charge in [-0.2, -0.15) is 0 Å². The topological polar surface area (TPSA) is 89.9 Å². The van der Waals surface area contributed by atoms with Gasteiger partial charge in [-0.3, -0.25) is 0 Å². The number of esters is 2. The molecule has 0 spiro atoms. The standard InChI is InChI=1S/C16H12O6/c1-21-15(19)12-9-5-8-11(14(17)18)13(12)16(20)22-10-6-3-2-4-7-10/h2-9H,1H3,(H,17,18). The smallest absolute Gasteiger partial charge is 0.345 e. The molecule has 0 aliphatic rings. The van der Waals surface area contributed by atoms with Crippen molar-refractivity contribution in [1.29, 1.82) is 0 Å². The van der Waals surface area contributed by atoms with Gasteiger partial charge < -0.3 is 14.6 Å². The molecule has 6 nitrogen and oxygen atoms in total. The molecular formula is C16H12O6. The van der Waals surface area contributed by atoms with Gasteiger partial charge in [-0.25, -0.2) is 14.4 Å². The third-order valence-electron chi connectivity index (χ3n) is 2.86. The van der Waals surface area contributed by atoms with Crippen molar-refractivity contribution in [1.82, 2.24) is 0 Å². The molecule has 0 amide bonds. The Hall–Kier alpha value is -3.15. The Morgan fingerprint density at radius 3 is 2.09 bits per heavy atom. The molecule has 2 rings (SSSR count). The molecule has 0 aliphatic heterocycles. The minimum atomic E-state index is -1.34. The van der Waals surface area contributed by atoms with Gasteiger partial charge in [0.15, 0.2) is 0 Å². The summed E-state index contributed by atoms with van der Waals surface area (Å²) in [6, 6.07) is 12.0. The zero-order valence-electron chi connectivity index (χ0n) is 11.6. The van der Waals surface area contributed by atoms with E-state index in [1.54, 1.807) is 30.3 Å². The van der Waals surface area contributed by atoms with Crippen molar-refractivity contribution in [3.8, 4) is 5.75 Å². The first kappa shape index (κ1) is 15.2. The molecule has 22 heavy (non-hydrogen) atoms. The van der Waals surface area contributed by atoms with E-state index in [1.165, 1.54) is 18.2 Å². The maximum atomic E-state index is 12.3. The highest BCUT2D eigenvalue weighted by atomic mass is 16.5. The van der Waals surface area contributed by atoms with Crippen molar-refractivity contribution in [3.63, 3.8) is 0 Å². The Morgan fingerprint density at radius 2 is 1.50 bits per heavy atom. The van der Waals surface area contributed by atoms with E-state index >= 15 is 0 Å². The van der Waals surface area contributed by atoms with Gasteiger partial charge in [0.25, 0.3) is 0 Å². The SMILES string of the molecule is COC(=O)c1cccc(C(=O)O)c1C(=O)Oc1ccccc1. The second kappa shape index (κ2) is 6.53. The van der Waals surface area contributed by atoms with Crippen LogP contribution in [0.1, 0.15) is 31.1 Å². The van der Waals surface area contributed by atoms with Crippen LogP contribution in [0, 0.1) is 0 Å². The van der Waals surface area contributed by atoms with Crippen LogP contribution in [-0.4, -0.2) is 30.1 Å². The van der Waals surface area contributed by atoms with Crippen molar-refractivity contribution in [3.05, 3.63) is 65.2 Å². The molecule has 0 radical (unpaired) electrons. The normalized spacial score (nSPS) is 9.86. The lowest BCUT2D eigenvalue weighted by Crippen LogP contribution is -2.19. The molecule has 0 fully saturated rings. The largest absolute Gasteiger partial charge is 0.478 e. The van der Waals surface area contributed by atoms with Gasteiger partial charge in [0.1, 0.15) is 5.75 Å². The first-order valence-electron chi connectivity index (χ1n) is 6.26. The summed E-state index contributed by atoms with van der Waals surface area (Å²) < 4.78 is 9.69. The van der Waals surface area contributed by atoms with Crippen molar-refractivity contribution in [2.75, 3.05) is 7.11 Å². The van der Waals surface area contributed by atoms with Gasteiger partial charge >= 0.3 is 17.9 Å². The summed E-state index contributed by atoms with van der Waals surface area (Å²) in [6.07, 6.45) is 0. The fraction of sp³-hybridized carbons (Fsp3) is 0.0625. The molecule has 0 atom stereocenters. The molecule has 0 aliphatic carbocycles. The highest BCUT2D eigenvalue weighted by Gasteiger charge is 2.26. The fourth-order valence-corrected chi connectivity index (χ4v) is 1.88. The minimum absolute atomic E-state index is 0.164. The van der Waals surface area contributed by atoms with E-state index in [4.69, 9.17) is 4.74 Å². The zero-order chi connectivity index (χ0) is 16.1. The van der Waals surface area contributed by atoms with E-state index in [1.807, 2.05) is 0 Å². The number of carboxylic acids is 1. The van der Waals surface area contributed by atoms with Gasteiger partial charge in [0, 0.05) is 0 Å². The van der Waals surface area contributed by atoms with E-state index in [9.17, 15) is 19.5 Å². The number of hydrogen-bond acceptors (Lipinski definition) is 5. The van der Waals surface area contributed by atoms with Crippen LogP contribution in [0.3, 0.4) is 0 Å². The maximum absolute atomic E-state index is 12.3. The lowest BCUT2D eigenvalue weighted by molar-refractivity contribution is 0.0586. The van der Waals surface area contributed by atoms with Crippen molar-refractivity contribution in [2.24, 2.45) is 0 Å². The van der Waals surface area contributed by atoms with Gasteiger partial charge in [0.05, 0.1) is 23.8 Å². The Bertz CT molecular complexity index is 721. The third-order valence-corrected chi connectivity index (χ3v) is 2.86. The Morgan fingerprint density at radius 1 is 0.864 bits per heavy atom. The van der Waals surface area contributed by atoms with E-state index in [0.717, 1.165) is 7.11 Å². The molecule has 6 heteroatoms. The number of carbonyl (C=O) groups excluding carboxylic acids is 2. The maximum Gasteiger partial charge on any atom is 0.345 e. The lowest BCUT2D eigenvalue weighted by Gasteiger charge is -2.10. The summed E-state index contributed by atoms with van der Waals surface area (Å²) >= 11 is 0. The Balaban J connectivity index is 2.49. The van der Waals surface area contributed by atoms with Crippen LogP contribution in [0.15, 0.2) is 48.5 Å². The number of rotatable bonds is 4. The first-order valence-corrected chi connectivity index (χ1v) is 6.26. The predicted molar refractivity (Wildman–Crippen MR) is 76.1 cm³/mol. The van der Waals surface area contributed by atoms with Gasteiger partial charge in [0.2, 0.25) is 0 Å². The van der Waals surface area contributed by atoms with E-state index < -0.39 is 17.9 Å². The number of methoxy groups -OCH3 is 1. The number of aromatic carboxylic acids is 1. The number of hydrogen-bond donors (Lipinski definition) is 1. The molecule has 0 aromatic heterocycles. The van der Waals surface area contributed by atoms with Crippen molar-refractivity contribution < 1.29 is 29.0 Å². The minimum Gasteiger partial charge on any atom is -0.478 e. The molecule has 112 valence electrons. The summed E-state index contributed by atoms with van der Waals surface area (Å²) in [5, 5.41) is 9.20. The summed E-state index contributed by atoms with van der Waals surface area (Å²) in [6.45, 7) is 0. The highest BCUT2D eigenvalue weighted by molar-refractivity contribution is 6.10. The Kier molecular flexibility index (Phi) is 4.53. The first-order chi connectivity index (χ1) is 10.5. The molecular weight excluding hydrogens is 288 g/mol. The van der Waals surface area contributed by atoms with Crippen molar-refractivity contribution >= 4 is 17.9 Å². The van der Waals surface area contributed by atoms with Gasteiger partial charge in [-0.05, 0) is 24.3 Å². The van der Waals surface area contributed by atoms with Crippen LogP contribution >= 0.6 is 0 Å². The third kappa shape index (κ3) is 3.12. The van der Waals surface area contributed by atoms with Crippen LogP contribution in [0.25, 0.3) is 0 Å². The zero-order valence-corrected chi connectivity index (χ0v) is 11.6. The predicted octanol–water partition coefficient (Wildman–Crippen LogP) is 2.39.